The van der Waals surface area contributed by atoms with Crippen molar-refractivity contribution < 1.29 is 9.53 Å². The molecule has 7 heteroatoms. The molecule has 0 aliphatic heterocycles. The Labute approximate surface area is 169 Å². The van der Waals surface area contributed by atoms with Gasteiger partial charge in [0.2, 0.25) is 5.91 Å². The van der Waals surface area contributed by atoms with Crippen LogP contribution < -0.4 is 5.32 Å². The fraction of sp³-hybridized carbons (Fsp3) is 0.500. The molecule has 3 rings (SSSR count). The second kappa shape index (κ2) is 10.2. The number of hydrogen-bond acceptors (Lipinski definition) is 4. The summed E-state index contributed by atoms with van der Waals surface area (Å²) < 4.78 is 7.35. The molecule has 1 fully saturated rings. The summed E-state index contributed by atoms with van der Waals surface area (Å²) in [6, 6.07) is 8.04. The molecule has 1 aromatic carbocycles. The van der Waals surface area contributed by atoms with E-state index in [-0.39, 0.29) is 5.91 Å². The van der Waals surface area contributed by atoms with Gasteiger partial charge >= 0.3 is 0 Å². The highest BCUT2D eigenvalue weighted by Gasteiger charge is 2.17. The molecular weight excluding hydrogens is 382 g/mol. The number of nitrogens with zero attached hydrogens (tertiary/aromatic N) is 2. The molecule has 146 valence electrons. The Kier molecular flexibility index (Phi) is 7.61. The number of carbonyl (C=O) groups excluding carboxylic acids is 1. The van der Waals surface area contributed by atoms with Gasteiger partial charge in [0.15, 0.2) is 5.16 Å². The summed E-state index contributed by atoms with van der Waals surface area (Å²) in [4.78, 5) is 16.9. The average Bonchev–Trinajstić information content (AvgIpc) is 3.09. The predicted molar refractivity (Wildman–Crippen MR) is 110 cm³/mol. The Morgan fingerprint density at radius 1 is 1.30 bits per heavy atom. The van der Waals surface area contributed by atoms with E-state index >= 15 is 0 Å². The molecule has 0 radical (unpaired) electrons. The minimum Gasteiger partial charge on any atom is -0.383 e. The van der Waals surface area contributed by atoms with E-state index in [2.05, 4.69) is 14.9 Å². The first kappa shape index (κ1) is 20.2. The number of halogens is 1. The van der Waals surface area contributed by atoms with Crippen molar-refractivity contribution in [2.45, 2.75) is 49.8 Å². The topological polar surface area (TPSA) is 56.2 Å². The second-order valence-corrected chi connectivity index (χ2v) is 8.15. The van der Waals surface area contributed by atoms with Gasteiger partial charge in [0.1, 0.15) is 0 Å². The molecule has 1 heterocycles. The molecule has 1 amide bonds. The highest BCUT2D eigenvalue weighted by molar-refractivity contribution is 7.99. The van der Waals surface area contributed by atoms with Crippen molar-refractivity contribution in [3.05, 3.63) is 35.5 Å². The van der Waals surface area contributed by atoms with Crippen molar-refractivity contribution in [3.8, 4) is 11.3 Å². The van der Waals surface area contributed by atoms with Crippen molar-refractivity contribution in [1.29, 1.82) is 0 Å². The lowest BCUT2D eigenvalue weighted by atomic mass is 9.95. The molecule has 0 atom stereocenters. The molecule has 1 aromatic heterocycles. The normalized spacial score (nSPS) is 15.0. The van der Waals surface area contributed by atoms with E-state index < -0.39 is 0 Å². The van der Waals surface area contributed by atoms with Crippen LogP contribution in [0.4, 0.5) is 0 Å². The summed E-state index contributed by atoms with van der Waals surface area (Å²) in [6.07, 6.45) is 7.75. The largest absolute Gasteiger partial charge is 0.383 e. The van der Waals surface area contributed by atoms with Crippen LogP contribution in [0.3, 0.4) is 0 Å². The van der Waals surface area contributed by atoms with Crippen molar-refractivity contribution in [2.75, 3.05) is 19.5 Å². The molecule has 0 bridgehead atoms. The second-order valence-electron chi connectivity index (χ2n) is 6.77. The molecule has 0 saturated heterocycles. The third kappa shape index (κ3) is 5.74. The number of thioether (sulfide) groups is 1. The van der Waals surface area contributed by atoms with Gasteiger partial charge in [0, 0.05) is 24.7 Å². The summed E-state index contributed by atoms with van der Waals surface area (Å²) in [6.45, 7) is 1.26. The van der Waals surface area contributed by atoms with Crippen LogP contribution in [0.5, 0.6) is 0 Å². The van der Waals surface area contributed by atoms with Gasteiger partial charge in [-0.1, -0.05) is 54.8 Å². The van der Waals surface area contributed by atoms with Crippen LogP contribution in [0.1, 0.15) is 32.1 Å². The highest BCUT2D eigenvalue weighted by atomic mass is 35.5. The van der Waals surface area contributed by atoms with Crippen molar-refractivity contribution in [1.82, 2.24) is 14.9 Å². The number of hydrogen-bond donors (Lipinski definition) is 1. The Balaban J connectivity index is 1.66. The molecule has 0 spiro atoms. The van der Waals surface area contributed by atoms with Gasteiger partial charge < -0.3 is 14.6 Å². The zero-order valence-electron chi connectivity index (χ0n) is 15.6. The fourth-order valence-electron chi connectivity index (χ4n) is 3.37. The Morgan fingerprint density at radius 3 is 2.74 bits per heavy atom. The fourth-order valence-corrected chi connectivity index (χ4v) is 4.31. The first-order valence-electron chi connectivity index (χ1n) is 9.40. The summed E-state index contributed by atoms with van der Waals surface area (Å²) in [5, 5.41) is 4.69. The van der Waals surface area contributed by atoms with Gasteiger partial charge in [-0.2, -0.15) is 0 Å². The van der Waals surface area contributed by atoms with E-state index in [0.717, 1.165) is 29.3 Å². The number of rotatable bonds is 8. The number of nitrogens with one attached hydrogen (secondary N) is 1. The lowest BCUT2D eigenvalue weighted by Crippen LogP contribution is -2.37. The lowest BCUT2D eigenvalue weighted by Gasteiger charge is -2.22. The van der Waals surface area contributed by atoms with E-state index in [4.69, 9.17) is 16.3 Å². The molecule has 1 saturated carbocycles. The summed E-state index contributed by atoms with van der Waals surface area (Å²) in [5.74, 6) is 0.460. The number of ether oxygens (including phenoxy) is 1. The summed E-state index contributed by atoms with van der Waals surface area (Å²) in [7, 11) is 1.68. The van der Waals surface area contributed by atoms with Crippen molar-refractivity contribution in [3.63, 3.8) is 0 Å². The van der Waals surface area contributed by atoms with E-state index in [0.29, 0.717) is 30.0 Å². The number of amides is 1. The first-order chi connectivity index (χ1) is 13.2. The molecule has 0 unspecified atom stereocenters. The summed E-state index contributed by atoms with van der Waals surface area (Å²) >= 11 is 7.47. The minimum atomic E-state index is 0.0845. The van der Waals surface area contributed by atoms with Crippen LogP contribution >= 0.6 is 23.4 Å². The number of imidazole rings is 1. The van der Waals surface area contributed by atoms with Gasteiger partial charge in [-0.3, -0.25) is 4.79 Å². The van der Waals surface area contributed by atoms with Crippen LogP contribution in [0.2, 0.25) is 5.02 Å². The third-order valence-corrected chi connectivity index (χ3v) is 6.02. The van der Waals surface area contributed by atoms with E-state index in [1.165, 1.54) is 31.0 Å². The number of methoxy groups -OCH3 is 1. The van der Waals surface area contributed by atoms with Crippen LogP contribution in [0.15, 0.2) is 35.6 Å². The van der Waals surface area contributed by atoms with Gasteiger partial charge in [-0.25, -0.2) is 4.98 Å². The van der Waals surface area contributed by atoms with Crippen LogP contribution in [-0.4, -0.2) is 41.0 Å². The third-order valence-electron chi connectivity index (χ3n) is 4.78. The van der Waals surface area contributed by atoms with Gasteiger partial charge in [-0.15, -0.1) is 0 Å². The van der Waals surface area contributed by atoms with Crippen LogP contribution in [-0.2, 0) is 16.1 Å². The quantitative estimate of drug-likeness (QED) is 0.659. The molecular formula is C20H26ClN3O2S. The van der Waals surface area contributed by atoms with Crippen LogP contribution in [0.25, 0.3) is 11.3 Å². The first-order valence-corrected chi connectivity index (χ1v) is 10.8. The maximum Gasteiger partial charge on any atom is 0.230 e. The van der Waals surface area contributed by atoms with E-state index in [1.807, 2.05) is 30.5 Å². The van der Waals surface area contributed by atoms with E-state index in [1.54, 1.807) is 7.11 Å². The zero-order chi connectivity index (χ0) is 19.1. The lowest BCUT2D eigenvalue weighted by molar-refractivity contribution is -0.119. The maximum atomic E-state index is 12.3. The smallest absolute Gasteiger partial charge is 0.230 e. The summed E-state index contributed by atoms with van der Waals surface area (Å²) in [5.41, 5.74) is 2.04. The zero-order valence-corrected chi connectivity index (χ0v) is 17.2. The van der Waals surface area contributed by atoms with E-state index in [9.17, 15) is 4.79 Å². The van der Waals surface area contributed by atoms with Crippen molar-refractivity contribution in [2.24, 2.45) is 0 Å². The highest BCUT2D eigenvalue weighted by Crippen LogP contribution is 2.27. The monoisotopic (exact) mass is 407 g/mol. The van der Waals surface area contributed by atoms with Crippen molar-refractivity contribution >= 4 is 29.3 Å². The van der Waals surface area contributed by atoms with Crippen LogP contribution in [0, 0.1) is 0 Å². The number of carbonyl (C=O) groups is 1. The number of aromatic nitrogens is 2. The minimum absolute atomic E-state index is 0.0845. The molecule has 1 aliphatic carbocycles. The maximum absolute atomic E-state index is 12.3. The Morgan fingerprint density at radius 2 is 2.04 bits per heavy atom. The van der Waals surface area contributed by atoms with Gasteiger partial charge in [0.05, 0.1) is 24.3 Å². The molecule has 5 nitrogen and oxygen atoms in total. The Bertz CT molecular complexity index is 742. The molecule has 1 aliphatic rings. The SMILES string of the molecule is COCCn1c(-c2ccc(Cl)cc2)cnc1SCC(=O)NC1CCCCC1. The predicted octanol–water partition coefficient (Wildman–Crippen LogP) is 4.39. The Hall–Kier alpha value is -1.50. The molecule has 2 aromatic rings. The van der Waals surface area contributed by atoms with Gasteiger partial charge in [0.25, 0.3) is 0 Å². The number of benzene rings is 1. The standard InChI is InChI=1S/C20H26ClN3O2S/c1-26-12-11-24-18(15-7-9-16(21)10-8-15)13-22-20(24)27-14-19(25)23-17-5-3-2-4-6-17/h7-10,13,17H,2-6,11-12,14H2,1H3,(H,23,25). The molecule has 27 heavy (non-hydrogen) atoms. The molecule has 1 N–H and O–H groups in total. The van der Waals surface area contributed by atoms with Gasteiger partial charge in [-0.05, 0) is 30.5 Å². The average molecular weight is 408 g/mol.